The first-order valence-corrected chi connectivity index (χ1v) is 8.10. The summed E-state index contributed by atoms with van der Waals surface area (Å²) in [5.74, 6) is 0. The van der Waals surface area contributed by atoms with Crippen LogP contribution in [0.3, 0.4) is 0 Å². The molecule has 2 aromatic rings. The van der Waals surface area contributed by atoms with Gasteiger partial charge in [0.15, 0.2) is 0 Å². The van der Waals surface area contributed by atoms with Crippen LogP contribution in [0.25, 0.3) is 0 Å². The molecule has 2 heterocycles. The number of nitrogens with one attached hydrogen (secondary N) is 1. The Morgan fingerprint density at radius 3 is 2.95 bits per heavy atom. The summed E-state index contributed by atoms with van der Waals surface area (Å²) in [6.45, 7) is 3.95. The molecule has 0 radical (unpaired) electrons. The average molecular weight is 287 g/mol. The van der Waals surface area contributed by atoms with Gasteiger partial charge in [-0.1, -0.05) is 0 Å². The van der Waals surface area contributed by atoms with Crippen LogP contribution in [-0.2, 0) is 13.1 Å². The Hall–Kier alpha value is -1.39. The van der Waals surface area contributed by atoms with E-state index >= 15 is 0 Å². The summed E-state index contributed by atoms with van der Waals surface area (Å²) in [6.07, 6.45) is 4.64. The molecule has 0 unspecified atom stereocenters. The van der Waals surface area contributed by atoms with Gasteiger partial charge in [0, 0.05) is 42.3 Å². The second-order valence-corrected chi connectivity index (χ2v) is 6.26. The van der Waals surface area contributed by atoms with E-state index in [4.69, 9.17) is 0 Å². The van der Waals surface area contributed by atoms with Gasteiger partial charge in [0.05, 0.1) is 0 Å². The second-order valence-electron chi connectivity index (χ2n) is 5.48. The summed E-state index contributed by atoms with van der Waals surface area (Å²) in [4.78, 5) is 7.01. The van der Waals surface area contributed by atoms with E-state index in [1.165, 1.54) is 29.7 Å². The molecule has 0 aliphatic heterocycles. The Labute approximate surface area is 124 Å². The first-order valence-electron chi connectivity index (χ1n) is 7.16. The fraction of sp³-hybridized carbons (Fsp3) is 0.438. The normalized spacial score (nSPS) is 14.5. The third-order valence-corrected chi connectivity index (χ3v) is 4.43. The first-order chi connectivity index (χ1) is 9.78. The number of nitrogens with zero attached hydrogens (tertiary/aromatic N) is 2. The minimum Gasteiger partial charge on any atom is -0.364 e. The van der Waals surface area contributed by atoms with Crippen LogP contribution in [0.4, 0.5) is 5.69 Å². The standard InChI is InChI=1S/C16H21N3S/c1-12-7-16(14(8-17-2)9-18-12)19(15-3-4-15)10-13-5-6-20-11-13/h5-7,9,11,15,17H,3-4,8,10H2,1-2H3. The molecule has 0 spiro atoms. The SMILES string of the molecule is CNCc1cnc(C)cc1N(Cc1ccsc1)C1CC1. The number of thiophene rings is 1. The molecule has 1 N–H and O–H groups in total. The fourth-order valence-corrected chi connectivity index (χ4v) is 3.20. The summed E-state index contributed by atoms with van der Waals surface area (Å²) < 4.78 is 0. The van der Waals surface area contributed by atoms with E-state index in [9.17, 15) is 0 Å². The molecule has 1 saturated carbocycles. The molecule has 1 aliphatic rings. The van der Waals surface area contributed by atoms with Gasteiger partial charge in [0.2, 0.25) is 0 Å². The van der Waals surface area contributed by atoms with Crippen LogP contribution in [0.5, 0.6) is 0 Å². The molecule has 4 heteroatoms. The van der Waals surface area contributed by atoms with E-state index in [1.807, 2.05) is 13.2 Å². The Morgan fingerprint density at radius 2 is 2.30 bits per heavy atom. The molecule has 0 saturated heterocycles. The lowest BCUT2D eigenvalue weighted by Gasteiger charge is -2.27. The van der Waals surface area contributed by atoms with Gasteiger partial charge in [-0.2, -0.15) is 11.3 Å². The van der Waals surface area contributed by atoms with Crippen molar-refractivity contribution in [3.8, 4) is 0 Å². The van der Waals surface area contributed by atoms with E-state index in [-0.39, 0.29) is 0 Å². The van der Waals surface area contributed by atoms with Crippen molar-refractivity contribution in [2.45, 2.75) is 38.9 Å². The largest absolute Gasteiger partial charge is 0.364 e. The third kappa shape index (κ3) is 3.02. The molecule has 2 aromatic heterocycles. The number of hydrogen-bond acceptors (Lipinski definition) is 4. The van der Waals surface area contributed by atoms with E-state index in [0.717, 1.165) is 18.8 Å². The molecule has 1 fully saturated rings. The molecule has 3 nitrogen and oxygen atoms in total. The number of anilines is 1. The summed E-state index contributed by atoms with van der Waals surface area (Å²) in [5.41, 5.74) is 5.14. The fourth-order valence-electron chi connectivity index (χ4n) is 2.54. The zero-order valence-electron chi connectivity index (χ0n) is 12.1. The van der Waals surface area contributed by atoms with Crippen LogP contribution >= 0.6 is 11.3 Å². The van der Waals surface area contributed by atoms with Gasteiger partial charge >= 0.3 is 0 Å². The van der Waals surface area contributed by atoms with Gasteiger partial charge in [0.1, 0.15) is 0 Å². The molecule has 3 rings (SSSR count). The molecule has 0 atom stereocenters. The zero-order valence-corrected chi connectivity index (χ0v) is 12.9. The first kappa shape index (κ1) is 13.6. The maximum Gasteiger partial charge on any atom is 0.0451 e. The predicted octanol–water partition coefficient (Wildman–Crippen LogP) is 3.34. The van der Waals surface area contributed by atoms with Gasteiger partial charge in [-0.3, -0.25) is 4.98 Å². The topological polar surface area (TPSA) is 28.2 Å². The van der Waals surface area contributed by atoms with Crippen LogP contribution in [0.15, 0.2) is 29.1 Å². The van der Waals surface area contributed by atoms with Crippen molar-refractivity contribution in [1.29, 1.82) is 0 Å². The molecule has 0 aromatic carbocycles. The van der Waals surface area contributed by atoms with Crippen LogP contribution in [0.2, 0.25) is 0 Å². The van der Waals surface area contributed by atoms with Crippen LogP contribution in [-0.4, -0.2) is 18.1 Å². The minimum absolute atomic E-state index is 0.701. The highest BCUT2D eigenvalue weighted by molar-refractivity contribution is 7.07. The molecular formula is C16H21N3S. The van der Waals surface area contributed by atoms with Crippen molar-refractivity contribution in [2.24, 2.45) is 0 Å². The van der Waals surface area contributed by atoms with Gasteiger partial charge in [-0.15, -0.1) is 0 Å². The Kier molecular flexibility index (Phi) is 4.03. The van der Waals surface area contributed by atoms with Crippen LogP contribution < -0.4 is 10.2 Å². The van der Waals surface area contributed by atoms with Gasteiger partial charge in [-0.05, 0) is 55.3 Å². The van der Waals surface area contributed by atoms with Crippen LogP contribution in [0, 0.1) is 6.92 Å². The highest BCUT2D eigenvalue weighted by Crippen LogP contribution is 2.35. The summed E-state index contributed by atoms with van der Waals surface area (Å²) in [7, 11) is 1.99. The summed E-state index contributed by atoms with van der Waals surface area (Å²) >= 11 is 1.78. The number of rotatable bonds is 6. The van der Waals surface area contributed by atoms with E-state index in [1.54, 1.807) is 11.3 Å². The smallest absolute Gasteiger partial charge is 0.0451 e. The van der Waals surface area contributed by atoms with Crippen molar-refractivity contribution in [1.82, 2.24) is 10.3 Å². The number of aromatic nitrogens is 1. The number of aryl methyl sites for hydroxylation is 1. The van der Waals surface area contributed by atoms with Crippen molar-refractivity contribution in [3.05, 3.63) is 45.9 Å². The minimum atomic E-state index is 0.701. The Balaban J connectivity index is 1.92. The highest BCUT2D eigenvalue weighted by atomic mass is 32.1. The summed E-state index contributed by atoms with van der Waals surface area (Å²) in [5, 5.41) is 7.66. The maximum absolute atomic E-state index is 4.45. The van der Waals surface area contributed by atoms with E-state index in [0.29, 0.717) is 6.04 Å². The molecule has 106 valence electrons. The number of hydrogen-bond donors (Lipinski definition) is 1. The molecule has 0 amide bonds. The van der Waals surface area contributed by atoms with Crippen LogP contribution in [0.1, 0.15) is 29.7 Å². The average Bonchev–Trinajstić information content (AvgIpc) is 3.15. The van der Waals surface area contributed by atoms with E-state index in [2.05, 4.69) is 45.0 Å². The third-order valence-electron chi connectivity index (χ3n) is 3.70. The van der Waals surface area contributed by atoms with Crippen molar-refractivity contribution >= 4 is 17.0 Å². The van der Waals surface area contributed by atoms with Crippen molar-refractivity contribution in [2.75, 3.05) is 11.9 Å². The molecular weight excluding hydrogens is 266 g/mol. The molecule has 0 bridgehead atoms. The van der Waals surface area contributed by atoms with Gasteiger partial charge in [-0.25, -0.2) is 0 Å². The van der Waals surface area contributed by atoms with Gasteiger partial charge in [0.25, 0.3) is 0 Å². The lowest BCUT2D eigenvalue weighted by Crippen LogP contribution is -2.27. The highest BCUT2D eigenvalue weighted by Gasteiger charge is 2.30. The van der Waals surface area contributed by atoms with Crippen molar-refractivity contribution in [3.63, 3.8) is 0 Å². The second kappa shape index (κ2) is 5.94. The maximum atomic E-state index is 4.45. The zero-order chi connectivity index (χ0) is 13.9. The van der Waals surface area contributed by atoms with Gasteiger partial charge < -0.3 is 10.2 Å². The lowest BCUT2D eigenvalue weighted by atomic mass is 10.1. The van der Waals surface area contributed by atoms with Crippen molar-refractivity contribution < 1.29 is 0 Å². The Bertz CT molecular complexity index is 561. The molecule has 1 aliphatic carbocycles. The predicted molar refractivity (Wildman–Crippen MR) is 85.3 cm³/mol. The monoisotopic (exact) mass is 287 g/mol. The number of pyridine rings is 1. The lowest BCUT2D eigenvalue weighted by molar-refractivity contribution is 0.761. The Morgan fingerprint density at radius 1 is 1.45 bits per heavy atom. The quantitative estimate of drug-likeness (QED) is 0.883. The molecule has 20 heavy (non-hydrogen) atoms. The summed E-state index contributed by atoms with van der Waals surface area (Å²) in [6, 6.07) is 5.16. The van der Waals surface area contributed by atoms with E-state index < -0.39 is 0 Å².